The van der Waals surface area contributed by atoms with Gasteiger partial charge in [0.15, 0.2) is 6.29 Å². The Labute approximate surface area is 82.9 Å². The van der Waals surface area contributed by atoms with Crippen molar-refractivity contribution in [3.63, 3.8) is 0 Å². The summed E-state index contributed by atoms with van der Waals surface area (Å²) in [5, 5.41) is 0. The molecular formula is C10H13O4. The Bertz CT molecular complexity index is 243. The van der Waals surface area contributed by atoms with Crippen LogP contribution in [0, 0.1) is 0 Å². The monoisotopic (exact) mass is 197 g/mol. The average molecular weight is 197 g/mol. The largest absolute Gasteiger partial charge is 0.390 e. The van der Waals surface area contributed by atoms with Crippen LogP contribution in [-0.4, -0.2) is 18.2 Å². The number of unbranched alkanes of at least 4 members (excludes halogenated alkanes) is 2. The van der Waals surface area contributed by atoms with Crippen LogP contribution in [0.3, 0.4) is 0 Å². The molecule has 77 valence electrons. The zero-order valence-electron chi connectivity index (χ0n) is 8.17. The first-order chi connectivity index (χ1) is 6.57. The fraction of sp³-hybridized carbons (Fsp3) is 0.500. The van der Waals surface area contributed by atoms with Gasteiger partial charge in [-0.25, -0.2) is 4.79 Å². The van der Waals surface area contributed by atoms with Crippen molar-refractivity contribution in [3.05, 3.63) is 12.2 Å². The highest BCUT2D eigenvalue weighted by molar-refractivity contribution is 5.95. The van der Waals surface area contributed by atoms with Gasteiger partial charge < -0.3 is 4.74 Å². The van der Waals surface area contributed by atoms with Gasteiger partial charge in [-0.3, -0.25) is 9.59 Å². The molecule has 0 rings (SSSR count). The maximum atomic E-state index is 10.9. The molecule has 0 spiro atoms. The standard InChI is InChI=1S/C10H13O4/c1-8(2)10(13)14-9(12)6-4-3-5-7-11/h1,3-6H2,2H3. The average Bonchev–Trinajstić information content (AvgIpc) is 2.12. The molecule has 4 heteroatoms. The van der Waals surface area contributed by atoms with E-state index >= 15 is 0 Å². The molecule has 1 radical (unpaired) electrons. The van der Waals surface area contributed by atoms with Gasteiger partial charge in [0.05, 0.1) is 0 Å². The summed E-state index contributed by atoms with van der Waals surface area (Å²) in [4.78, 5) is 31.6. The maximum absolute atomic E-state index is 10.9. The van der Waals surface area contributed by atoms with Gasteiger partial charge in [0, 0.05) is 18.4 Å². The summed E-state index contributed by atoms with van der Waals surface area (Å²) in [6.07, 6.45) is 3.27. The molecule has 4 nitrogen and oxygen atoms in total. The van der Waals surface area contributed by atoms with Crippen LogP contribution in [-0.2, 0) is 19.1 Å². The predicted octanol–water partition coefficient (Wildman–Crippen LogP) is 1.30. The first-order valence-electron chi connectivity index (χ1n) is 4.33. The van der Waals surface area contributed by atoms with Crippen LogP contribution >= 0.6 is 0 Å². The van der Waals surface area contributed by atoms with E-state index in [1.165, 1.54) is 6.92 Å². The highest BCUT2D eigenvalue weighted by Crippen LogP contribution is 2.01. The number of carbonyl (C=O) groups excluding carboxylic acids is 3. The molecule has 0 fully saturated rings. The SMILES string of the molecule is C=C(C)C(=O)OC(=O)CCCC[C]=O. The quantitative estimate of drug-likeness (QED) is 0.279. The van der Waals surface area contributed by atoms with Gasteiger partial charge in [0.2, 0.25) is 0 Å². The Morgan fingerprint density at radius 2 is 2.00 bits per heavy atom. The zero-order valence-corrected chi connectivity index (χ0v) is 8.17. The van der Waals surface area contributed by atoms with Crippen molar-refractivity contribution >= 4 is 18.2 Å². The van der Waals surface area contributed by atoms with E-state index in [-0.39, 0.29) is 12.0 Å². The fourth-order valence-electron chi connectivity index (χ4n) is 0.708. The van der Waals surface area contributed by atoms with Gasteiger partial charge in [0.1, 0.15) is 0 Å². The van der Waals surface area contributed by atoms with E-state index in [4.69, 9.17) is 0 Å². The van der Waals surface area contributed by atoms with Crippen LogP contribution in [0.2, 0.25) is 0 Å². The van der Waals surface area contributed by atoms with Crippen molar-refractivity contribution in [1.29, 1.82) is 0 Å². The third-order valence-electron chi connectivity index (χ3n) is 1.46. The molecular weight excluding hydrogens is 184 g/mol. The molecule has 0 saturated carbocycles. The van der Waals surface area contributed by atoms with E-state index in [0.717, 1.165) is 0 Å². The molecule has 0 unspecified atom stereocenters. The summed E-state index contributed by atoms with van der Waals surface area (Å²) in [5.74, 6) is -1.28. The van der Waals surface area contributed by atoms with Crippen molar-refractivity contribution in [2.24, 2.45) is 0 Å². The number of esters is 2. The second-order valence-corrected chi connectivity index (χ2v) is 2.89. The summed E-state index contributed by atoms with van der Waals surface area (Å²) in [7, 11) is 0. The molecule has 14 heavy (non-hydrogen) atoms. The van der Waals surface area contributed by atoms with Crippen LogP contribution in [0.4, 0.5) is 0 Å². The van der Waals surface area contributed by atoms with Crippen molar-refractivity contribution in [2.45, 2.75) is 32.6 Å². The Morgan fingerprint density at radius 3 is 2.50 bits per heavy atom. The minimum atomic E-state index is -0.697. The summed E-state index contributed by atoms with van der Waals surface area (Å²) in [6.45, 7) is 4.81. The molecule has 0 aliphatic heterocycles. The maximum Gasteiger partial charge on any atom is 0.340 e. The molecule has 0 aromatic heterocycles. The van der Waals surface area contributed by atoms with Crippen LogP contribution in [0.1, 0.15) is 32.6 Å². The van der Waals surface area contributed by atoms with Gasteiger partial charge in [-0.1, -0.05) is 6.58 Å². The Morgan fingerprint density at radius 1 is 1.36 bits per heavy atom. The predicted molar refractivity (Wildman–Crippen MR) is 50.1 cm³/mol. The van der Waals surface area contributed by atoms with E-state index in [9.17, 15) is 14.4 Å². The summed E-state index contributed by atoms with van der Waals surface area (Å²) >= 11 is 0. The molecule has 0 aliphatic carbocycles. The highest BCUT2D eigenvalue weighted by Gasteiger charge is 2.09. The van der Waals surface area contributed by atoms with E-state index in [2.05, 4.69) is 11.3 Å². The second kappa shape index (κ2) is 7.00. The summed E-state index contributed by atoms with van der Waals surface area (Å²) in [6, 6.07) is 0. The molecule has 0 bridgehead atoms. The molecule has 0 saturated heterocycles. The molecule has 0 heterocycles. The van der Waals surface area contributed by atoms with Crippen LogP contribution < -0.4 is 0 Å². The van der Waals surface area contributed by atoms with Crippen molar-refractivity contribution in [1.82, 2.24) is 0 Å². The van der Waals surface area contributed by atoms with Crippen LogP contribution in [0.25, 0.3) is 0 Å². The lowest BCUT2D eigenvalue weighted by Gasteiger charge is -2.00. The number of rotatable bonds is 6. The minimum Gasteiger partial charge on any atom is -0.390 e. The van der Waals surface area contributed by atoms with Gasteiger partial charge in [0.25, 0.3) is 0 Å². The van der Waals surface area contributed by atoms with E-state index in [1.54, 1.807) is 6.29 Å². The smallest absolute Gasteiger partial charge is 0.340 e. The third kappa shape index (κ3) is 6.11. The molecule has 0 aromatic carbocycles. The van der Waals surface area contributed by atoms with Crippen LogP contribution in [0.15, 0.2) is 12.2 Å². The first kappa shape index (κ1) is 12.6. The van der Waals surface area contributed by atoms with Crippen molar-refractivity contribution in [2.75, 3.05) is 0 Å². The molecule has 0 amide bonds. The lowest BCUT2D eigenvalue weighted by molar-refractivity contribution is -0.156. The van der Waals surface area contributed by atoms with E-state index in [0.29, 0.717) is 19.3 Å². The lowest BCUT2D eigenvalue weighted by Crippen LogP contribution is -2.12. The van der Waals surface area contributed by atoms with Gasteiger partial charge >= 0.3 is 11.9 Å². The first-order valence-corrected chi connectivity index (χ1v) is 4.33. The van der Waals surface area contributed by atoms with Gasteiger partial charge in [-0.05, 0) is 19.8 Å². The minimum absolute atomic E-state index is 0.140. The molecule has 0 N–H and O–H groups in total. The number of hydrogen-bond acceptors (Lipinski definition) is 4. The number of hydrogen-bond donors (Lipinski definition) is 0. The summed E-state index contributed by atoms with van der Waals surface area (Å²) in [5.41, 5.74) is 0.194. The van der Waals surface area contributed by atoms with Crippen LogP contribution in [0.5, 0.6) is 0 Å². The Balaban J connectivity index is 3.60. The number of carbonyl (C=O) groups is 2. The second-order valence-electron chi connectivity index (χ2n) is 2.89. The highest BCUT2D eigenvalue weighted by atomic mass is 16.6. The summed E-state index contributed by atoms with van der Waals surface area (Å²) < 4.78 is 4.42. The Hall–Kier alpha value is -1.45. The van der Waals surface area contributed by atoms with E-state index < -0.39 is 11.9 Å². The third-order valence-corrected chi connectivity index (χ3v) is 1.46. The molecule has 0 aliphatic rings. The lowest BCUT2D eigenvalue weighted by atomic mass is 10.2. The fourth-order valence-corrected chi connectivity index (χ4v) is 0.708. The molecule has 0 atom stereocenters. The normalized spacial score (nSPS) is 9.21. The van der Waals surface area contributed by atoms with Gasteiger partial charge in [-0.2, -0.15) is 0 Å². The molecule has 0 aromatic rings. The van der Waals surface area contributed by atoms with E-state index in [1.807, 2.05) is 0 Å². The van der Waals surface area contributed by atoms with Crippen molar-refractivity contribution < 1.29 is 19.1 Å². The zero-order chi connectivity index (χ0) is 11.0. The van der Waals surface area contributed by atoms with Crippen molar-refractivity contribution in [3.8, 4) is 0 Å². The topological polar surface area (TPSA) is 60.4 Å². The number of ether oxygens (including phenoxy) is 1. The van der Waals surface area contributed by atoms with Gasteiger partial charge in [-0.15, -0.1) is 0 Å². The Kier molecular flexibility index (Phi) is 6.28.